The van der Waals surface area contributed by atoms with E-state index in [-0.39, 0.29) is 11.3 Å². The highest BCUT2D eigenvalue weighted by molar-refractivity contribution is 5.96. The molecule has 1 amide bonds. The monoisotopic (exact) mass is 367 g/mol. The number of benzene rings is 2. The lowest BCUT2D eigenvalue weighted by molar-refractivity contribution is -0.143. The summed E-state index contributed by atoms with van der Waals surface area (Å²) in [7, 11) is 1.34. The molecule has 2 rings (SSSR count). The van der Waals surface area contributed by atoms with E-state index in [1.807, 2.05) is 30.3 Å². The summed E-state index contributed by atoms with van der Waals surface area (Å²) in [5.41, 5.74) is 2.94. The first-order valence-corrected chi connectivity index (χ1v) is 9.34. The molecular formula is C23H29NO3. The van der Waals surface area contributed by atoms with Gasteiger partial charge in [-0.05, 0) is 47.9 Å². The lowest BCUT2D eigenvalue weighted by atomic mass is 9.86. The van der Waals surface area contributed by atoms with E-state index < -0.39 is 12.0 Å². The van der Waals surface area contributed by atoms with Crippen LogP contribution < -0.4 is 5.32 Å². The molecule has 144 valence electrons. The molecule has 0 aliphatic carbocycles. The summed E-state index contributed by atoms with van der Waals surface area (Å²) in [5.74, 6) is -0.673. The Balaban J connectivity index is 1.98. The second-order valence-electron chi connectivity index (χ2n) is 7.75. The van der Waals surface area contributed by atoms with Crippen LogP contribution in [0.1, 0.15) is 55.1 Å². The molecule has 0 radical (unpaired) electrons. The highest BCUT2D eigenvalue weighted by Crippen LogP contribution is 2.22. The quantitative estimate of drug-likeness (QED) is 0.743. The Bertz CT molecular complexity index is 745. The first-order chi connectivity index (χ1) is 12.8. The zero-order valence-electron chi connectivity index (χ0n) is 16.6. The van der Waals surface area contributed by atoms with E-state index in [1.165, 1.54) is 12.7 Å². The molecule has 4 nitrogen and oxygen atoms in total. The Morgan fingerprint density at radius 3 is 2.19 bits per heavy atom. The fourth-order valence-corrected chi connectivity index (χ4v) is 2.91. The number of esters is 1. The highest BCUT2D eigenvalue weighted by Gasteiger charge is 2.22. The molecule has 0 unspecified atom stereocenters. The minimum absolute atomic E-state index is 0.0288. The molecule has 0 aliphatic rings. The third-order valence-corrected chi connectivity index (χ3v) is 4.61. The van der Waals surface area contributed by atoms with Gasteiger partial charge in [0, 0.05) is 5.56 Å². The van der Waals surface area contributed by atoms with Gasteiger partial charge in [0.05, 0.1) is 7.11 Å². The van der Waals surface area contributed by atoms with E-state index >= 15 is 0 Å². The van der Waals surface area contributed by atoms with Gasteiger partial charge in [-0.1, -0.05) is 63.2 Å². The molecule has 0 aliphatic heterocycles. The molecule has 1 N–H and O–H groups in total. The van der Waals surface area contributed by atoms with E-state index in [1.54, 1.807) is 12.1 Å². The first-order valence-electron chi connectivity index (χ1n) is 9.34. The Hall–Kier alpha value is -2.62. The second-order valence-corrected chi connectivity index (χ2v) is 7.75. The SMILES string of the molecule is COC(=O)[C@H](CCCc1ccccc1)NC(=O)c1ccc(C(C)(C)C)cc1. The number of aryl methyl sites for hydroxylation is 1. The van der Waals surface area contributed by atoms with Gasteiger partial charge < -0.3 is 10.1 Å². The van der Waals surface area contributed by atoms with Crippen LogP contribution in [0.15, 0.2) is 54.6 Å². The summed E-state index contributed by atoms with van der Waals surface area (Å²) >= 11 is 0. The average molecular weight is 367 g/mol. The van der Waals surface area contributed by atoms with Crippen molar-refractivity contribution in [3.05, 3.63) is 71.3 Å². The largest absolute Gasteiger partial charge is 0.467 e. The Kier molecular flexibility index (Phi) is 7.17. The van der Waals surface area contributed by atoms with Crippen molar-refractivity contribution >= 4 is 11.9 Å². The predicted molar refractivity (Wildman–Crippen MR) is 108 cm³/mol. The van der Waals surface area contributed by atoms with Crippen molar-refractivity contribution < 1.29 is 14.3 Å². The van der Waals surface area contributed by atoms with Gasteiger partial charge in [0.15, 0.2) is 0 Å². The van der Waals surface area contributed by atoms with Crippen molar-refractivity contribution in [2.75, 3.05) is 7.11 Å². The summed E-state index contributed by atoms with van der Waals surface area (Å²) in [4.78, 5) is 24.6. The van der Waals surface area contributed by atoms with Crippen molar-refractivity contribution in [2.24, 2.45) is 0 Å². The summed E-state index contributed by atoms with van der Waals surface area (Å²) in [6, 6.07) is 17.0. The fourth-order valence-electron chi connectivity index (χ4n) is 2.91. The summed E-state index contributed by atoms with van der Waals surface area (Å²) < 4.78 is 4.86. The Morgan fingerprint density at radius 1 is 1.00 bits per heavy atom. The molecule has 2 aromatic rings. The van der Waals surface area contributed by atoms with Crippen LogP contribution >= 0.6 is 0 Å². The van der Waals surface area contributed by atoms with Crippen LogP contribution in [0.3, 0.4) is 0 Å². The smallest absolute Gasteiger partial charge is 0.328 e. The van der Waals surface area contributed by atoms with Gasteiger partial charge in [0.2, 0.25) is 0 Å². The average Bonchev–Trinajstić information content (AvgIpc) is 2.66. The number of hydrogen-bond acceptors (Lipinski definition) is 3. The van der Waals surface area contributed by atoms with Crippen LogP contribution in [0.25, 0.3) is 0 Å². The minimum atomic E-state index is -0.645. The number of ether oxygens (including phenoxy) is 1. The van der Waals surface area contributed by atoms with Gasteiger partial charge in [0.1, 0.15) is 6.04 Å². The van der Waals surface area contributed by atoms with Crippen LogP contribution in [0.2, 0.25) is 0 Å². The van der Waals surface area contributed by atoms with Gasteiger partial charge in [-0.25, -0.2) is 4.79 Å². The topological polar surface area (TPSA) is 55.4 Å². The summed E-state index contributed by atoms with van der Waals surface area (Å²) in [5, 5.41) is 2.81. The molecule has 0 saturated carbocycles. The standard InChI is InChI=1S/C23H29NO3/c1-23(2,3)19-15-13-18(14-16-19)21(25)24-20(22(26)27-4)12-8-11-17-9-6-5-7-10-17/h5-7,9-10,13-16,20H,8,11-12H2,1-4H3,(H,24,25)/t20-/m0/s1. The van der Waals surface area contributed by atoms with Crippen molar-refractivity contribution in [1.82, 2.24) is 5.32 Å². The molecular weight excluding hydrogens is 338 g/mol. The minimum Gasteiger partial charge on any atom is -0.467 e. The van der Waals surface area contributed by atoms with Gasteiger partial charge in [-0.3, -0.25) is 4.79 Å². The Morgan fingerprint density at radius 2 is 1.63 bits per heavy atom. The van der Waals surface area contributed by atoms with E-state index in [0.717, 1.165) is 18.4 Å². The van der Waals surface area contributed by atoms with E-state index in [2.05, 4.69) is 38.2 Å². The number of rotatable bonds is 7. The van der Waals surface area contributed by atoms with E-state index in [4.69, 9.17) is 4.74 Å². The van der Waals surface area contributed by atoms with Crippen LogP contribution in [0, 0.1) is 0 Å². The molecule has 0 heterocycles. The molecule has 2 aromatic carbocycles. The van der Waals surface area contributed by atoms with Gasteiger partial charge in [-0.15, -0.1) is 0 Å². The maximum atomic E-state index is 12.6. The number of methoxy groups -OCH3 is 1. The van der Waals surface area contributed by atoms with Crippen LogP contribution in [0.4, 0.5) is 0 Å². The molecule has 0 saturated heterocycles. The van der Waals surface area contributed by atoms with Crippen molar-refractivity contribution in [1.29, 1.82) is 0 Å². The first kappa shape index (κ1) is 20.7. The van der Waals surface area contributed by atoms with Gasteiger partial charge >= 0.3 is 5.97 Å². The number of carbonyl (C=O) groups is 2. The lowest BCUT2D eigenvalue weighted by Crippen LogP contribution is -2.41. The molecule has 0 aromatic heterocycles. The third kappa shape index (κ3) is 6.24. The molecule has 0 fully saturated rings. The van der Waals surface area contributed by atoms with Crippen LogP contribution in [-0.2, 0) is 21.4 Å². The number of hydrogen-bond donors (Lipinski definition) is 1. The lowest BCUT2D eigenvalue weighted by Gasteiger charge is -2.20. The molecule has 4 heteroatoms. The van der Waals surface area contributed by atoms with Gasteiger partial charge in [-0.2, -0.15) is 0 Å². The third-order valence-electron chi connectivity index (χ3n) is 4.61. The van der Waals surface area contributed by atoms with Crippen LogP contribution in [0.5, 0.6) is 0 Å². The van der Waals surface area contributed by atoms with Gasteiger partial charge in [0.25, 0.3) is 5.91 Å². The summed E-state index contributed by atoms with van der Waals surface area (Å²) in [6.07, 6.45) is 2.17. The van der Waals surface area contributed by atoms with Crippen molar-refractivity contribution in [3.63, 3.8) is 0 Å². The molecule has 1 atom stereocenters. The summed E-state index contributed by atoms with van der Waals surface area (Å²) in [6.45, 7) is 6.38. The fraction of sp³-hybridized carbons (Fsp3) is 0.391. The van der Waals surface area contributed by atoms with Crippen LogP contribution in [-0.4, -0.2) is 25.0 Å². The zero-order chi connectivity index (χ0) is 19.9. The second kappa shape index (κ2) is 9.36. The van der Waals surface area contributed by atoms with Crippen molar-refractivity contribution in [2.45, 2.75) is 51.5 Å². The molecule has 0 bridgehead atoms. The number of nitrogens with one attached hydrogen (secondary N) is 1. The van der Waals surface area contributed by atoms with E-state index in [9.17, 15) is 9.59 Å². The predicted octanol–water partition coefficient (Wildman–Crippen LogP) is 4.28. The number of amides is 1. The maximum absolute atomic E-state index is 12.6. The number of carbonyl (C=O) groups excluding carboxylic acids is 2. The Labute approximate surface area is 161 Å². The maximum Gasteiger partial charge on any atom is 0.328 e. The molecule has 27 heavy (non-hydrogen) atoms. The highest BCUT2D eigenvalue weighted by atomic mass is 16.5. The normalized spacial score (nSPS) is 12.3. The zero-order valence-corrected chi connectivity index (χ0v) is 16.6. The van der Waals surface area contributed by atoms with Crippen molar-refractivity contribution in [3.8, 4) is 0 Å². The molecule has 0 spiro atoms. The van der Waals surface area contributed by atoms with E-state index in [0.29, 0.717) is 12.0 Å².